The molecular formula is C17H21ClN4O. The number of nitrogens with zero attached hydrogens (tertiary/aromatic N) is 3. The van der Waals surface area contributed by atoms with E-state index in [4.69, 9.17) is 11.6 Å². The van der Waals surface area contributed by atoms with Gasteiger partial charge in [0.2, 0.25) is 0 Å². The number of urea groups is 1. The Kier molecular flexibility index (Phi) is 4.86. The number of aromatic nitrogens is 2. The summed E-state index contributed by atoms with van der Waals surface area (Å²) in [6, 6.07) is 7.61. The van der Waals surface area contributed by atoms with Crippen molar-refractivity contribution >= 4 is 23.3 Å². The van der Waals surface area contributed by atoms with E-state index < -0.39 is 0 Å². The monoisotopic (exact) mass is 332 g/mol. The topological polar surface area (TPSA) is 50.2 Å². The molecule has 1 aromatic heterocycles. The average Bonchev–Trinajstić information content (AvgIpc) is 3.09. The van der Waals surface area contributed by atoms with Crippen LogP contribution in [-0.4, -0.2) is 33.3 Å². The lowest BCUT2D eigenvalue weighted by Gasteiger charge is -2.35. The molecule has 6 heteroatoms. The summed E-state index contributed by atoms with van der Waals surface area (Å²) in [7, 11) is 0. The number of benzene rings is 1. The number of carbonyl (C=O) groups excluding carboxylic acids is 1. The van der Waals surface area contributed by atoms with Crippen LogP contribution in [0, 0.1) is 0 Å². The highest BCUT2D eigenvalue weighted by molar-refractivity contribution is 6.32. The maximum atomic E-state index is 12.5. The van der Waals surface area contributed by atoms with Gasteiger partial charge in [-0.3, -0.25) is 0 Å². The highest BCUT2D eigenvalue weighted by Crippen LogP contribution is 2.25. The molecule has 0 spiro atoms. The molecule has 1 fully saturated rings. The van der Waals surface area contributed by atoms with E-state index in [1.807, 2.05) is 29.3 Å². The van der Waals surface area contributed by atoms with Gasteiger partial charge in [-0.25, -0.2) is 9.48 Å². The van der Waals surface area contributed by atoms with Crippen molar-refractivity contribution in [1.82, 2.24) is 14.7 Å². The number of rotatable bonds is 3. The first-order chi connectivity index (χ1) is 11.2. The fourth-order valence-electron chi connectivity index (χ4n) is 3.07. The molecule has 3 rings (SSSR count). The lowest BCUT2D eigenvalue weighted by atomic mass is 10.0. The Labute approximate surface area is 141 Å². The Morgan fingerprint density at radius 1 is 1.43 bits per heavy atom. The molecule has 0 aliphatic carbocycles. The molecule has 1 aliphatic heterocycles. The minimum absolute atomic E-state index is 0.0422. The van der Waals surface area contributed by atoms with Crippen LogP contribution in [0.4, 0.5) is 10.5 Å². The van der Waals surface area contributed by atoms with Gasteiger partial charge in [0.1, 0.15) is 0 Å². The molecule has 1 aliphatic rings. The molecule has 1 saturated heterocycles. The minimum atomic E-state index is -0.0422. The number of likely N-dealkylation sites (tertiary alicyclic amines) is 1. The van der Waals surface area contributed by atoms with Gasteiger partial charge in [0.25, 0.3) is 0 Å². The largest absolute Gasteiger partial charge is 0.322 e. The smallest absolute Gasteiger partial charge is 0.322 e. The first-order valence-electron chi connectivity index (χ1n) is 8.06. The van der Waals surface area contributed by atoms with Crippen LogP contribution in [0.25, 0.3) is 5.69 Å². The lowest BCUT2D eigenvalue weighted by Crippen LogP contribution is -2.45. The van der Waals surface area contributed by atoms with E-state index in [9.17, 15) is 4.79 Å². The zero-order valence-corrected chi connectivity index (χ0v) is 14.0. The quantitative estimate of drug-likeness (QED) is 0.909. The van der Waals surface area contributed by atoms with Crippen LogP contribution in [0.5, 0.6) is 0 Å². The van der Waals surface area contributed by atoms with Crippen molar-refractivity contribution < 1.29 is 4.79 Å². The maximum absolute atomic E-state index is 12.5. The number of carbonyl (C=O) groups is 1. The first kappa shape index (κ1) is 15.9. The zero-order chi connectivity index (χ0) is 16.2. The van der Waals surface area contributed by atoms with E-state index in [0.717, 1.165) is 31.5 Å². The van der Waals surface area contributed by atoms with Crippen LogP contribution < -0.4 is 5.32 Å². The van der Waals surface area contributed by atoms with E-state index in [2.05, 4.69) is 17.3 Å². The summed E-state index contributed by atoms with van der Waals surface area (Å²) >= 11 is 6.32. The summed E-state index contributed by atoms with van der Waals surface area (Å²) in [6.45, 7) is 2.95. The number of hydrogen-bond acceptors (Lipinski definition) is 2. The highest BCUT2D eigenvalue weighted by Gasteiger charge is 2.25. The third-order valence-electron chi connectivity index (χ3n) is 4.31. The van der Waals surface area contributed by atoms with Gasteiger partial charge in [0.15, 0.2) is 0 Å². The van der Waals surface area contributed by atoms with Crippen LogP contribution in [0.2, 0.25) is 5.02 Å². The van der Waals surface area contributed by atoms with Gasteiger partial charge in [0, 0.05) is 30.7 Å². The van der Waals surface area contributed by atoms with Crippen LogP contribution in [0.3, 0.4) is 0 Å². The summed E-state index contributed by atoms with van der Waals surface area (Å²) in [5.74, 6) is 0. The molecule has 0 bridgehead atoms. The second-order valence-electron chi connectivity index (χ2n) is 5.80. The third-order valence-corrected chi connectivity index (χ3v) is 4.61. The Morgan fingerprint density at radius 2 is 2.30 bits per heavy atom. The molecule has 1 atom stereocenters. The van der Waals surface area contributed by atoms with Crippen molar-refractivity contribution in [2.75, 3.05) is 11.9 Å². The van der Waals surface area contributed by atoms with Gasteiger partial charge >= 0.3 is 6.03 Å². The Hall–Kier alpha value is -2.01. The molecule has 0 saturated carbocycles. The van der Waals surface area contributed by atoms with Gasteiger partial charge in [-0.15, -0.1) is 0 Å². The Balaban J connectivity index is 1.72. The van der Waals surface area contributed by atoms with Gasteiger partial charge in [-0.2, -0.15) is 5.10 Å². The van der Waals surface area contributed by atoms with E-state index in [-0.39, 0.29) is 6.03 Å². The summed E-state index contributed by atoms with van der Waals surface area (Å²) in [5.41, 5.74) is 1.50. The van der Waals surface area contributed by atoms with E-state index in [1.54, 1.807) is 16.9 Å². The summed E-state index contributed by atoms with van der Waals surface area (Å²) in [6.07, 6.45) is 7.89. The standard InChI is InChI=1S/C17H21ClN4O/c1-2-14-6-3-4-10-21(14)17(23)20-13-7-8-16(15(18)12-13)22-11-5-9-19-22/h5,7-9,11-12,14H,2-4,6,10H2,1H3,(H,20,23)/t14-/m1/s1. The normalized spacial score (nSPS) is 18.0. The van der Waals surface area contributed by atoms with Gasteiger partial charge in [-0.05, 0) is 49.9 Å². The Morgan fingerprint density at radius 3 is 3.00 bits per heavy atom. The molecule has 2 heterocycles. The van der Waals surface area contributed by atoms with E-state index >= 15 is 0 Å². The van der Waals surface area contributed by atoms with Crippen LogP contribution in [0.1, 0.15) is 32.6 Å². The lowest BCUT2D eigenvalue weighted by molar-refractivity contribution is 0.160. The molecule has 122 valence electrons. The molecule has 0 unspecified atom stereocenters. The van der Waals surface area contributed by atoms with Crippen molar-refractivity contribution in [2.45, 2.75) is 38.6 Å². The number of piperidine rings is 1. The maximum Gasteiger partial charge on any atom is 0.322 e. The average molecular weight is 333 g/mol. The van der Waals surface area contributed by atoms with Crippen molar-refractivity contribution in [3.05, 3.63) is 41.7 Å². The third kappa shape index (κ3) is 3.50. The van der Waals surface area contributed by atoms with Gasteiger partial charge in [0.05, 0.1) is 10.7 Å². The molecule has 1 aromatic carbocycles. The fourth-order valence-corrected chi connectivity index (χ4v) is 3.34. The SMILES string of the molecule is CC[C@@H]1CCCCN1C(=O)Nc1ccc(-n2cccn2)c(Cl)c1. The Bertz CT molecular complexity index is 671. The van der Waals surface area contributed by atoms with Crippen molar-refractivity contribution in [3.8, 4) is 5.69 Å². The highest BCUT2D eigenvalue weighted by atomic mass is 35.5. The molecule has 2 amide bonds. The second kappa shape index (κ2) is 7.04. The summed E-state index contributed by atoms with van der Waals surface area (Å²) < 4.78 is 1.70. The van der Waals surface area contributed by atoms with Crippen molar-refractivity contribution in [2.24, 2.45) is 0 Å². The minimum Gasteiger partial charge on any atom is -0.322 e. The van der Waals surface area contributed by atoms with E-state index in [1.165, 1.54) is 6.42 Å². The molecule has 1 N–H and O–H groups in total. The van der Waals surface area contributed by atoms with Crippen LogP contribution in [0.15, 0.2) is 36.7 Å². The predicted molar refractivity (Wildman–Crippen MR) is 92.2 cm³/mol. The van der Waals surface area contributed by atoms with Crippen LogP contribution >= 0.6 is 11.6 Å². The summed E-state index contributed by atoms with van der Waals surface area (Å²) in [5, 5.41) is 7.68. The molecular weight excluding hydrogens is 312 g/mol. The molecule has 0 radical (unpaired) electrons. The summed E-state index contributed by atoms with van der Waals surface area (Å²) in [4.78, 5) is 14.5. The fraction of sp³-hybridized carbons (Fsp3) is 0.412. The predicted octanol–water partition coefficient (Wildman–Crippen LogP) is 4.32. The molecule has 5 nitrogen and oxygen atoms in total. The number of nitrogens with one attached hydrogen (secondary N) is 1. The number of amides is 2. The van der Waals surface area contributed by atoms with Crippen LogP contribution in [-0.2, 0) is 0 Å². The number of halogens is 1. The number of anilines is 1. The van der Waals surface area contributed by atoms with Gasteiger partial charge < -0.3 is 10.2 Å². The van der Waals surface area contributed by atoms with E-state index in [0.29, 0.717) is 16.8 Å². The van der Waals surface area contributed by atoms with Gasteiger partial charge in [-0.1, -0.05) is 18.5 Å². The zero-order valence-electron chi connectivity index (χ0n) is 13.2. The second-order valence-corrected chi connectivity index (χ2v) is 6.21. The first-order valence-corrected chi connectivity index (χ1v) is 8.44. The van der Waals surface area contributed by atoms with Crippen molar-refractivity contribution in [1.29, 1.82) is 0 Å². The van der Waals surface area contributed by atoms with Crippen molar-refractivity contribution in [3.63, 3.8) is 0 Å². The number of hydrogen-bond donors (Lipinski definition) is 1. The molecule has 23 heavy (non-hydrogen) atoms. The molecule has 2 aromatic rings.